The van der Waals surface area contributed by atoms with Gasteiger partial charge in [-0.3, -0.25) is 0 Å². The minimum Gasteiger partial charge on any atom is -0.456 e. The van der Waals surface area contributed by atoms with Crippen LogP contribution >= 0.6 is 0 Å². The molecule has 27 heavy (non-hydrogen) atoms. The average Bonchev–Trinajstić information content (AvgIpc) is 2.52. The van der Waals surface area contributed by atoms with E-state index in [1.54, 1.807) is 20.8 Å². The molecule has 1 fully saturated rings. The van der Waals surface area contributed by atoms with Crippen LogP contribution in [-0.2, 0) is 25.7 Å². The first-order chi connectivity index (χ1) is 12.3. The van der Waals surface area contributed by atoms with Gasteiger partial charge in [-0.25, -0.2) is 13.2 Å². The van der Waals surface area contributed by atoms with E-state index < -0.39 is 38.2 Å². The van der Waals surface area contributed by atoms with Crippen LogP contribution in [0.1, 0.15) is 26.3 Å². The van der Waals surface area contributed by atoms with Gasteiger partial charge in [0.15, 0.2) is 6.54 Å². The van der Waals surface area contributed by atoms with E-state index in [0.29, 0.717) is 13.1 Å². The van der Waals surface area contributed by atoms with E-state index in [9.17, 15) is 26.4 Å². The van der Waals surface area contributed by atoms with E-state index in [0.717, 1.165) is 27.4 Å². The number of benzene rings is 1. The Kier molecular flexibility index (Phi) is 6.23. The van der Waals surface area contributed by atoms with Crippen LogP contribution in [0.2, 0.25) is 0 Å². The lowest BCUT2D eigenvalue weighted by molar-refractivity contribution is -0.896. The van der Waals surface area contributed by atoms with E-state index in [2.05, 4.69) is 0 Å². The quantitative estimate of drug-likeness (QED) is 0.752. The van der Waals surface area contributed by atoms with Crippen molar-refractivity contribution in [2.75, 3.05) is 32.7 Å². The first kappa shape index (κ1) is 21.6. The number of piperazine rings is 1. The zero-order valence-corrected chi connectivity index (χ0v) is 16.3. The number of carbonyl (C=O) groups is 1. The SMILES string of the molecule is CC(C)(C)OC(=O)C[NH+]1CCN(S(=O)(=O)c2ccccc2C(F)(F)F)CC1. The third-order valence-corrected chi connectivity index (χ3v) is 6.01. The number of nitrogens with zero attached hydrogens (tertiary/aromatic N) is 1. The number of alkyl halides is 3. The van der Waals surface area contributed by atoms with Crippen LogP contribution in [0, 0.1) is 0 Å². The molecular weight excluding hydrogens is 385 g/mol. The fourth-order valence-electron chi connectivity index (χ4n) is 2.87. The molecule has 152 valence electrons. The maximum atomic E-state index is 13.1. The standard InChI is InChI=1S/C17H23F3N2O4S/c1-16(2,3)26-15(23)12-21-8-10-22(11-9-21)27(24,25)14-7-5-4-6-13(14)17(18,19)20/h4-7H,8-12H2,1-3H3/p+1. The summed E-state index contributed by atoms with van der Waals surface area (Å²) in [4.78, 5) is 12.0. The summed E-state index contributed by atoms with van der Waals surface area (Å²) in [7, 11) is -4.27. The first-order valence-corrected chi connectivity index (χ1v) is 9.96. The van der Waals surface area contributed by atoms with Crippen LogP contribution in [0.4, 0.5) is 13.2 Å². The van der Waals surface area contributed by atoms with Gasteiger partial charge in [-0.15, -0.1) is 0 Å². The second kappa shape index (κ2) is 7.76. The Hall–Kier alpha value is -1.65. The van der Waals surface area contributed by atoms with E-state index in [1.165, 1.54) is 6.07 Å². The molecule has 0 spiro atoms. The summed E-state index contributed by atoms with van der Waals surface area (Å²) in [6.07, 6.45) is -4.76. The van der Waals surface area contributed by atoms with Crippen molar-refractivity contribution in [3.05, 3.63) is 29.8 Å². The number of halogens is 3. The predicted molar refractivity (Wildman–Crippen MR) is 91.6 cm³/mol. The van der Waals surface area contributed by atoms with Crippen LogP contribution in [-0.4, -0.2) is 57.0 Å². The van der Waals surface area contributed by atoms with Crippen LogP contribution in [0.15, 0.2) is 29.2 Å². The molecule has 0 amide bonds. The summed E-state index contributed by atoms with van der Waals surface area (Å²) in [5.74, 6) is -0.392. The Morgan fingerprint density at radius 1 is 1.15 bits per heavy atom. The Bertz CT molecular complexity index is 780. The Labute approximate surface area is 156 Å². The molecule has 0 unspecified atom stereocenters. The lowest BCUT2D eigenvalue weighted by Crippen LogP contribution is -3.15. The van der Waals surface area contributed by atoms with Gasteiger partial charge in [-0.05, 0) is 32.9 Å². The van der Waals surface area contributed by atoms with Crippen molar-refractivity contribution < 1.29 is 36.0 Å². The first-order valence-electron chi connectivity index (χ1n) is 8.52. The number of rotatable bonds is 4. The Morgan fingerprint density at radius 2 is 1.70 bits per heavy atom. The second-order valence-electron chi connectivity index (χ2n) is 7.41. The molecule has 0 saturated carbocycles. The highest BCUT2D eigenvalue weighted by Gasteiger charge is 2.40. The molecule has 1 aliphatic heterocycles. The number of hydrogen-bond acceptors (Lipinski definition) is 4. The number of quaternary nitrogens is 1. The lowest BCUT2D eigenvalue weighted by atomic mass is 10.2. The zero-order valence-electron chi connectivity index (χ0n) is 15.5. The number of sulfonamides is 1. The van der Waals surface area contributed by atoms with Crippen molar-refractivity contribution in [1.82, 2.24) is 4.31 Å². The summed E-state index contributed by atoms with van der Waals surface area (Å²) in [6, 6.07) is 4.16. The van der Waals surface area contributed by atoms with Crippen molar-refractivity contribution in [3.8, 4) is 0 Å². The molecular formula is C17H24F3N2O4S+. The third kappa shape index (κ3) is 5.66. The molecule has 10 heteroatoms. The molecule has 0 atom stereocenters. The fraction of sp³-hybridized carbons (Fsp3) is 0.588. The molecule has 0 aliphatic carbocycles. The van der Waals surface area contributed by atoms with Crippen molar-refractivity contribution >= 4 is 16.0 Å². The van der Waals surface area contributed by atoms with Gasteiger partial charge in [0.2, 0.25) is 10.0 Å². The summed E-state index contributed by atoms with van der Waals surface area (Å²) < 4.78 is 71.1. The van der Waals surface area contributed by atoms with Gasteiger partial charge < -0.3 is 9.64 Å². The normalized spacial score (nSPS) is 17.7. The summed E-state index contributed by atoms with van der Waals surface area (Å²) >= 11 is 0. The topological polar surface area (TPSA) is 68.1 Å². The second-order valence-corrected chi connectivity index (χ2v) is 9.32. The van der Waals surface area contributed by atoms with Gasteiger partial charge in [-0.2, -0.15) is 17.5 Å². The van der Waals surface area contributed by atoms with E-state index >= 15 is 0 Å². The Morgan fingerprint density at radius 3 is 2.22 bits per heavy atom. The van der Waals surface area contributed by atoms with Crippen molar-refractivity contribution in [2.24, 2.45) is 0 Å². The highest BCUT2D eigenvalue weighted by molar-refractivity contribution is 7.89. The highest BCUT2D eigenvalue weighted by atomic mass is 32.2. The van der Waals surface area contributed by atoms with Crippen molar-refractivity contribution in [3.63, 3.8) is 0 Å². The lowest BCUT2D eigenvalue weighted by Gasteiger charge is -2.32. The van der Waals surface area contributed by atoms with Gasteiger partial charge in [0, 0.05) is 0 Å². The third-order valence-electron chi connectivity index (χ3n) is 4.05. The minimum absolute atomic E-state index is 0.0344. The highest BCUT2D eigenvalue weighted by Crippen LogP contribution is 2.35. The van der Waals surface area contributed by atoms with E-state index in [4.69, 9.17) is 4.74 Å². The van der Waals surface area contributed by atoms with Crippen LogP contribution < -0.4 is 4.90 Å². The number of hydrogen-bond donors (Lipinski definition) is 1. The van der Waals surface area contributed by atoms with E-state index in [1.807, 2.05) is 0 Å². The van der Waals surface area contributed by atoms with Crippen LogP contribution in [0.5, 0.6) is 0 Å². The molecule has 1 heterocycles. The van der Waals surface area contributed by atoms with Gasteiger partial charge in [-0.1, -0.05) is 12.1 Å². The number of ether oxygens (including phenoxy) is 1. The molecule has 1 saturated heterocycles. The van der Waals surface area contributed by atoms with Crippen LogP contribution in [0.25, 0.3) is 0 Å². The smallest absolute Gasteiger partial charge is 0.417 e. The van der Waals surface area contributed by atoms with Gasteiger partial charge in [0.25, 0.3) is 0 Å². The van der Waals surface area contributed by atoms with Gasteiger partial charge >= 0.3 is 12.1 Å². The van der Waals surface area contributed by atoms with Crippen molar-refractivity contribution in [2.45, 2.75) is 37.4 Å². The number of esters is 1. The molecule has 2 rings (SSSR count). The van der Waals surface area contributed by atoms with Crippen molar-refractivity contribution in [1.29, 1.82) is 0 Å². The summed E-state index contributed by atoms with van der Waals surface area (Å²) in [5, 5.41) is 0. The molecule has 1 aliphatic rings. The molecule has 1 aromatic rings. The molecule has 1 N–H and O–H groups in total. The molecule has 1 aromatic carbocycles. The minimum atomic E-state index is -4.76. The maximum Gasteiger partial charge on any atom is 0.417 e. The van der Waals surface area contributed by atoms with E-state index in [-0.39, 0.29) is 19.6 Å². The van der Waals surface area contributed by atoms with Crippen LogP contribution in [0.3, 0.4) is 0 Å². The number of carbonyl (C=O) groups excluding carboxylic acids is 1. The van der Waals surface area contributed by atoms with Gasteiger partial charge in [0.05, 0.1) is 36.6 Å². The zero-order chi connectivity index (χ0) is 20.5. The monoisotopic (exact) mass is 409 g/mol. The summed E-state index contributed by atoms with van der Waals surface area (Å²) in [5.41, 5.74) is -1.78. The maximum absolute atomic E-state index is 13.1. The predicted octanol–water partition coefficient (Wildman–Crippen LogP) is 0.936. The Balaban J connectivity index is 2.07. The largest absolute Gasteiger partial charge is 0.456 e. The summed E-state index contributed by atoms with van der Waals surface area (Å²) in [6.45, 7) is 6.04. The molecule has 0 bridgehead atoms. The van der Waals surface area contributed by atoms with Gasteiger partial charge in [0.1, 0.15) is 5.60 Å². The molecule has 6 nitrogen and oxygen atoms in total. The molecule has 0 aromatic heterocycles. The average molecular weight is 409 g/mol. The fourth-order valence-corrected chi connectivity index (χ4v) is 4.52. The number of nitrogens with one attached hydrogen (secondary N) is 1. The molecule has 0 radical (unpaired) electrons.